The minimum absolute atomic E-state index is 0.154. The van der Waals surface area contributed by atoms with Gasteiger partial charge in [0.15, 0.2) is 0 Å². The van der Waals surface area contributed by atoms with E-state index in [1.165, 1.54) is 0 Å². The molecular weight excluding hydrogens is 428 g/mol. The van der Waals surface area contributed by atoms with Gasteiger partial charge in [0, 0.05) is 35.1 Å². The van der Waals surface area contributed by atoms with Gasteiger partial charge in [0.25, 0.3) is 5.91 Å². The Morgan fingerprint density at radius 1 is 1.09 bits per heavy atom. The van der Waals surface area contributed by atoms with Crippen molar-refractivity contribution in [1.29, 1.82) is 0 Å². The summed E-state index contributed by atoms with van der Waals surface area (Å²) in [5, 5.41) is 6.81. The highest BCUT2D eigenvalue weighted by Crippen LogP contribution is 2.46. The van der Waals surface area contributed by atoms with E-state index in [4.69, 9.17) is 0 Å². The second-order valence-corrected chi connectivity index (χ2v) is 9.69. The molecule has 0 bridgehead atoms. The van der Waals surface area contributed by atoms with Crippen molar-refractivity contribution in [3.05, 3.63) is 70.9 Å². The first-order chi connectivity index (χ1) is 16.4. The number of benzene rings is 2. The van der Waals surface area contributed by atoms with Crippen LogP contribution in [0.2, 0.25) is 0 Å². The molecule has 2 aliphatic heterocycles. The van der Waals surface area contributed by atoms with Crippen LogP contribution in [0.5, 0.6) is 0 Å². The maximum absolute atomic E-state index is 13.5. The molecule has 3 amide bonds. The predicted molar refractivity (Wildman–Crippen MR) is 130 cm³/mol. The number of aromatic nitrogens is 1. The summed E-state index contributed by atoms with van der Waals surface area (Å²) in [7, 11) is 0. The van der Waals surface area contributed by atoms with Gasteiger partial charge in [0.2, 0.25) is 11.8 Å². The fraction of sp³-hybridized carbons (Fsp3) is 0.370. The van der Waals surface area contributed by atoms with Crippen molar-refractivity contribution in [2.75, 3.05) is 6.54 Å². The summed E-state index contributed by atoms with van der Waals surface area (Å²) in [5.41, 5.74) is 4.52. The Hall–Kier alpha value is -3.61. The molecule has 0 saturated carbocycles. The third-order valence-electron chi connectivity index (χ3n) is 6.93. The minimum Gasteiger partial charge on any atom is -0.356 e. The van der Waals surface area contributed by atoms with Crippen LogP contribution in [-0.4, -0.2) is 46.2 Å². The smallest absolute Gasteiger partial charge is 0.255 e. The Morgan fingerprint density at radius 2 is 1.82 bits per heavy atom. The van der Waals surface area contributed by atoms with Crippen LogP contribution in [0.15, 0.2) is 48.5 Å². The summed E-state index contributed by atoms with van der Waals surface area (Å²) >= 11 is 0. The molecule has 3 atom stereocenters. The molecule has 5 rings (SSSR count). The Kier molecular flexibility index (Phi) is 5.63. The number of fused-ring (bicyclic) bond motifs is 7. The van der Waals surface area contributed by atoms with Crippen molar-refractivity contribution in [2.24, 2.45) is 5.92 Å². The summed E-state index contributed by atoms with van der Waals surface area (Å²) in [4.78, 5) is 44.7. The lowest BCUT2D eigenvalue weighted by Gasteiger charge is -2.37. The van der Waals surface area contributed by atoms with Crippen molar-refractivity contribution in [3.63, 3.8) is 0 Å². The Balaban J connectivity index is 1.46. The first-order valence-corrected chi connectivity index (χ1v) is 12.0. The molecule has 2 aliphatic rings. The highest BCUT2D eigenvalue weighted by Gasteiger charge is 2.49. The number of carbonyl (C=O) groups excluding carboxylic acids is 3. The SMILES string of the molecule is CC(C)CCNC(=O)[C@H](C)NC(=O)[C@H]1Cc2c([nH]c3ccccc23)[C@H]2c3ccccc3C(=O)N21. The highest BCUT2D eigenvalue weighted by molar-refractivity contribution is 6.04. The van der Waals surface area contributed by atoms with Crippen LogP contribution in [0.3, 0.4) is 0 Å². The van der Waals surface area contributed by atoms with Gasteiger partial charge in [0.05, 0.1) is 6.04 Å². The zero-order chi connectivity index (χ0) is 24.0. The Labute approximate surface area is 198 Å². The van der Waals surface area contributed by atoms with E-state index in [9.17, 15) is 14.4 Å². The molecule has 3 aromatic rings. The normalized spacial score (nSPS) is 19.5. The van der Waals surface area contributed by atoms with Crippen molar-refractivity contribution in [1.82, 2.24) is 20.5 Å². The number of hydrogen-bond donors (Lipinski definition) is 3. The summed E-state index contributed by atoms with van der Waals surface area (Å²) in [6.07, 6.45) is 1.27. The molecule has 0 radical (unpaired) electrons. The monoisotopic (exact) mass is 458 g/mol. The molecule has 7 nitrogen and oxygen atoms in total. The number of aromatic amines is 1. The van der Waals surface area contributed by atoms with Gasteiger partial charge in [-0.25, -0.2) is 0 Å². The van der Waals surface area contributed by atoms with Crippen LogP contribution in [0.1, 0.15) is 60.4 Å². The number of para-hydroxylation sites is 1. The maximum atomic E-state index is 13.5. The number of rotatable bonds is 6. The molecule has 0 fully saturated rings. The van der Waals surface area contributed by atoms with Crippen LogP contribution in [0.4, 0.5) is 0 Å². The van der Waals surface area contributed by atoms with E-state index in [-0.39, 0.29) is 23.8 Å². The first kappa shape index (κ1) is 22.2. The van der Waals surface area contributed by atoms with Gasteiger partial charge in [-0.2, -0.15) is 0 Å². The topological polar surface area (TPSA) is 94.3 Å². The van der Waals surface area contributed by atoms with Gasteiger partial charge >= 0.3 is 0 Å². The quantitative estimate of drug-likeness (QED) is 0.529. The molecule has 1 aromatic heterocycles. The molecule has 0 unspecified atom stereocenters. The molecule has 3 N–H and O–H groups in total. The van der Waals surface area contributed by atoms with Gasteiger partial charge in [0.1, 0.15) is 12.1 Å². The number of carbonyl (C=O) groups is 3. The van der Waals surface area contributed by atoms with E-state index in [0.717, 1.165) is 34.1 Å². The lowest BCUT2D eigenvalue weighted by atomic mass is 9.90. The molecule has 0 aliphatic carbocycles. The van der Waals surface area contributed by atoms with E-state index >= 15 is 0 Å². The summed E-state index contributed by atoms with van der Waals surface area (Å²) in [6, 6.07) is 13.8. The molecule has 176 valence electrons. The highest BCUT2D eigenvalue weighted by atomic mass is 16.2. The first-order valence-electron chi connectivity index (χ1n) is 12.0. The van der Waals surface area contributed by atoms with E-state index < -0.39 is 12.1 Å². The van der Waals surface area contributed by atoms with Gasteiger partial charge < -0.3 is 20.5 Å². The van der Waals surface area contributed by atoms with Crippen LogP contribution in [0.25, 0.3) is 10.9 Å². The average molecular weight is 459 g/mol. The van der Waals surface area contributed by atoms with Crippen molar-refractivity contribution in [3.8, 4) is 0 Å². The van der Waals surface area contributed by atoms with E-state index in [1.807, 2.05) is 48.5 Å². The van der Waals surface area contributed by atoms with Gasteiger partial charge in [-0.05, 0) is 42.5 Å². The van der Waals surface area contributed by atoms with Gasteiger partial charge in [-0.1, -0.05) is 50.2 Å². The van der Waals surface area contributed by atoms with Crippen LogP contribution >= 0.6 is 0 Å². The maximum Gasteiger partial charge on any atom is 0.255 e. The molecular formula is C27H30N4O3. The minimum atomic E-state index is -0.706. The summed E-state index contributed by atoms with van der Waals surface area (Å²) in [5.74, 6) is -0.199. The number of nitrogens with zero attached hydrogens (tertiary/aromatic N) is 1. The fourth-order valence-corrected chi connectivity index (χ4v) is 5.15. The van der Waals surface area contributed by atoms with Crippen molar-refractivity contribution < 1.29 is 14.4 Å². The standard InChI is InChI=1S/C27H30N4O3/c1-15(2)12-13-28-25(32)16(3)29-26(33)22-14-20-17-8-6-7-11-21(17)30-23(20)24-18-9-4-5-10-19(18)27(34)31(22)24/h4-11,15-16,22,24,30H,12-14H2,1-3H3,(H,28,32)(H,29,33)/t16-,22+,24+/m0/s1. The predicted octanol–water partition coefficient (Wildman–Crippen LogP) is 3.30. The summed E-state index contributed by atoms with van der Waals surface area (Å²) in [6.45, 7) is 6.45. The lowest BCUT2D eigenvalue weighted by Crippen LogP contribution is -2.56. The molecule has 7 heteroatoms. The van der Waals surface area contributed by atoms with Gasteiger partial charge in [-0.15, -0.1) is 0 Å². The largest absolute Gasteiger partial charge is 0.356 e. The second-order valence-electron chi connectivity index (χ2n) is 9.69. The second kappa shape index (κ2) is 8.63. The summed E-state index contributed by atoms with van der Waals surface area (Å²) < 4.78 is 0. The van der Waals surface area contributed by atoms with E-state index in [2.05, 4.69) is 29.5 Å². The number of hydrogen-bond acceptors (Lipinski definition) is 3. The molecule has 34 heavy (non-hydrogen) atoms. The molecule has 0 spiro atoms. The third kappa shape index (κ3) is 3.65. The van der Waals surface area contributed by atoms with Crippen LogP contribution in [-0.2, 0) is 16.0 Å². The number of amides is 3. The average Bonchev–Trinajstić information content (AvgIpc) is 3.34. The zero-order valence-electron chi connectivity index (χ0n) is 19.7. The third-order valence-corrected chi connectivity index (χ3v) is 6.93. The van der Waals surface area contributed by atoms with E-state index in [0.29, 0.717) is 24.4 Å². The van der Waals surface area contributed by atoms with E-state index in [1.54, 1.807) is 11.8 Å². The van der Waals surface area contributed by atoms with Crippen LogP contribution < -0.4 is 10.6 Å². The zero-order valence-corrected chi connectivity index (χ0v) is 19.7. The number of H-pyrrole nitrogens is 1. The number of nitrogens with one attached hydrogen (secondary N) is 3. The van der Waals surface area contributed by atoms with Gasteiger partial charge in [-0.3, -0.25) is 14.4 Å². The molecule has 0 saturated heterocycles. The molecule has 3 heterocycles. The molecule has 2 aromatic carbocycles. The van der Waals surface area contributed by atoms with Crippen molar-refractivity contribution >= 4 is 28.6 Å². The Bertz CT molecular complexity index is 1280. The lowest BCUT2D eigenvalue weighted by molar-refractivity contribution is -0.131. The fourth-order valence-electron chi connectivity index (χ4n) is 5.15. The Morgan fingerprint density at radius 3 is 2.62 bits per heavy atom. The van der Waals surface area contributed by atoms with Crippen LogP contribution in [0, 0.1) is 5.92 Å². The van der Waals surface area contributed by atoms with Crippen molar-refractivity contribution in [2.45, 2.75) is 51.7 Å².